The average Bonchev–Trinajstić information content (AvgIpc) is 2.96. The number of nitrogens with two attached hydrogens (primary N) is 1. The van der Waals surface area contributed by atoms with Gasteiger partial charge < -0.3 is 16.0 Å². The van der Waals surface area contributed by atoms with Gasteiger partial charge in [0.15, 0.2) is 0 Å². The fourth-order valence-corrected chi connectivity index (χ4v) is 2.41. The van der Waals surface area contributed by atoms with E-state index in [1.807, 2.05) is 6.07 Å². The van der Waals surface area contributed by atoms with Crippen LogP contribution in [0.3, 0.4) is 0 Å². The number of nitrogens with one attached hydrogen (secondary N) is 1. The number of rotatable bonds is 3. The molecule has 0 unspecified atom stereocenters. The monoisotopic (exact) mass is 254 g/mol. The summed E-state index contributed by atoms with van der Waals surface area (Å²) in [5.74, 6) is 0. The van der Waals surface area contributed by atoms with Gasteiger partial charge in [0.05, 0.1) is 17.6 Å². The van der Waals surface area contributed by atoms with Crippen molar-refractivity contribution in [1.82, 2.24) is 4.98 Å². The third-order valence-electron chi connectivity index (χ3n) is 3.47. The topological polar surface area (TPSA) is 54.2 Å². The second kappa shape index (κ2) is 5.18. The van der Waals surface area contributed by atoms with Gasteiger partial charge in [-0.2, -0.15) is 0 Å². The van der Waals surface area contributed by atoms with Crippen LogP contribution in [0.15, 0.2) is 42.7 Å². The normalized spacial score (nSPS) is 14.6. The molecule has 0 aliphatic carbocycles. The zero-order chi connectivity index (χ0) is 13.1. The molecule has 1 saturated heterocycles. The van der Waals surface area contributed by atoms with Crippen LogP contribution >= 0.6 is 0 Å². The molecule has 3 N–H and O–H groups in total. The Morgan fingerprint density at radius 3 is 2.47 bits per heavy atom. The van der Waals surface area contributed by atoms with Gasteiger partial charge >= 0.3 is 0 Å². The van der Waals surface area contributed by atoms with Crippen LogP contribution in [-0.4, -0.2) is 18.1 Å². The Kier molecular flexibility index (Phi) is 3.23. The lowest BCUT2D eigenvalue weighted by Gasteiger charge is -2.18. The summed E-state index contributed by atoms with van der Waals surface area (Å²) in [4.78, 5) is 6.40. The number of hydrogen-bond acceptors (Lipinski definition) is 4. The number of benzene rings is 1. The van der Waals surface area contributed by atoms with Gasteiger partial charge in [0.1, 0.15) is 0 Å². The molecule has 0 bridgehead atoms. The summed E-state index contributed by atoms with van der Waals surface area (Å²) >= 11 is 0. The first-order valence-corrected chi connectivity index (χ1v) is 6.64. The van der Waals surface area contributed by atoms with Crippen molar-refractivity contribution >= 4 is 22.7 Å². The van der Waals surface area contributed by atoms with Crippen molar-refractivity contribution in [3.05, 3.63) is 42.7 Å². The van der Waals surface area contributed by atoms with E-state index in [-0.39, 0.29) is 0 Å². The Labute approximate surface area is 113 Å². The third-order valence-corrected chi connectivity index (χ3v) is 3.47. The van der Waals surface area contributed by atoms with Gasteiger partial charge in [-0.3, -0.25) is 4.98 Å². The summed E-state index contributed by atoms with van der Waals surface area (Å²) in [6.45, 7) is 2.34. The van der Waals surface area contributed by atoms with Crippen molar-refractivity contribution in [3.63, 3.8) is 0 Å². The van der Waals surface area contributed by atoms with Crippen molar-refractivity contribution in [2.45, 2.75) is 12.8 Å². The van der Waals surface area contributed by atoms with Gasteiger partial charge in [-0.25, -0.2) is 0 Å². The van der Waals surface area contributed by atoms with Crippen molar-refractivity contribution in [3.8, 4) is 0 Å². The van der Waals surface area contributed by atoms with Gasteiger partial charge in [-0.15, -0.1) is 0 Å². The van der Waals surface area contributed by atoms with Crippen molar-refractivity contribution < 1.29 is 0 Å². The molecule has 0 saturated carbocycles. The summed E-state index contributed by atoms with van der Waals surface area (Å²) < 4.78 is 0. The Balaban J connectivity index is 1.74. The Morgan fingerprint density at radius 1 is 1.05 bits per heavy atom. The largest absolute Gasteiger partial charge is 0.396 e. The summed E-state index contributed by atoms with van der Waals surface area (Å²) in [5.41, 5.74) is 9.76. The maximum Gasteiger partial charge on any atom is 0.0739 e. The second-order valence-electron chi connectivity index (χ2n) is 4.83. The lowest BCUT2D eigenvalue weighted by atomic mass is 10.2. The standard InChI is InChI=1S/C15H18N4/c16-14-11-17-8-7-15(14)18-12-3-5-13(6-4-12)19-9-1-2-10-19/h3-8,11H,1-2,9-10,16H2,(H,17,18). The summed E-state index contributed by atoms with van der Waals surface area (Å²) in [5, 5.41) is 3.31. The molecule has 1 aromatic carbocycles. The van der Waals surface area contributed by atoms with Crippen LogP contribution in [0.25, 0.3) is 0 Å². The molecule has 1 aliphatic rings. The molecule has 3 rings (SSSR count). The average molecular weight is 254 g/mol. The number of aromatic nitrogens is 1. The minimum absolute atomic E-state index is 0.658. The Hall–Kier alpha value is -2.23. The molecule has 1 aromatic heterocycles. The van der Waals surface area contributed by atoms with Crippen LogP contribution in [0.1, 0.15) is 12.8 Å². The molecular formula is C15H18N4. The molecule has 98 valence electrons. The molecule has 1 fully saturated rings. The van der Waals surface area contributed by atoms with Crippen molar-refractivity contribution in [2.75, 3.05) is 29.0 Å². The van der Waals surface area contributed by atoms with Crippen LogP contribution in [0, 0.1) is 0 Å². The third kappa shape index (κ3) is 2.62. The highest BCUT2D eigenvalue weighted by Crippen LogP contribution is 2.25. The number of nitrogen functional groups attached to an aromatic ring is 1. The number of nitrogens with zero attached hydrogens (tertiary/aromatic N) is 2. The lowest BCUT2D eigenvalue weighted by molar-refractivity contribution is 0.949. The van der Waals surface area contributed by atoms with Crippen LogP contribution in [0.5, 0.6) is 0 Å². The van der Waals surface area contributed by atoms with Gasteiger partial charge in [-0.05, 0) is 43.2 Å². The molecule has 19 heavy (non-hydrogen) atoms. The second-order valence-corrected chi connectivity index (χ2v) is 4.83. The number of anilines is 4. The molecule has 2 aromatic rings. The van der Waals surface area contributed by atoms with E-state index in [1.165, 1.54) is 31.6 Å². The first-order chi connectivity index (χ1) is 9.33. The molecule has 0 amide bonds. The molecular weight excluding hydrogens is 236 g/mol. The zero-order valence-corrected chi connectivity index (χ0v) is 10.8. The fraction of sp³-hybridized carbons (Fsp3) is 0.267. The minimum Gasteiger partial charge on any atom is -0.396 e. The molecule has 0 atom stereocenters. The molecule has 1 aliphatic heterocycles. The molecule has 4 nitrogen and oxygen atoms in total. The summed E-state index contributed by atoms with van der Waals surface area (Å²) in [6, 6.07) is 10.4. The first-order valence-electron chi connectivity index (χ1n) is 6.64. The lowest BCUT2D eigenvalue weighted by Crippen LogP contribution is -2.17. The molecule has 2 heterocycles. The maximum atomic E-state index is 5.86. The van der Waals surface area contributed by atoms with Crippen LogP contribution in [-0.2, 0) is 0 Å². The SMILES string of the molecule is Nc1cnccc1Nc1ccc(N2CCCC2)cc1. The van der Waals surface area contributed by atoms with E-state index in [0.29, 0.717) is 5.69 Å². The zero-order valence-electron chi connectivity index (χ0n) is 10.8. The van der Waals surface area contributed by atoms with E-state index in [1.54, 1.807) is 12.4 Å². The van der Waals surface area contributed by atoms with Gasteiger partial charge in [0.2, 0.25) is 0 Å². The summed E-state index contributed by atoms with van der Waals surface area (Å²) in [6.07, 6.45) is 5.99. The Bertz CT molecular complexity index is 544. The highest BCUT2D eigenvalue weighted by molar-refractivity contribution is 5.72. The smallest absolute Gasteiger partial charge is 0.0739 e. The van der Waals surface area contributed by atoms with E-state index in [0.717, 1.165) is 11.4 Å². The van der Waals surface area contributed by atoms with E-state index >= 15 is 0 Å². The number of hydrogen-bond donors (Lipinski definition) is 2. The number of pyridine rings is 1. The van der Waals surface area contributed by atoms with E-state index in [2.05, 4.69) is 39.5 Å². The highest BCUT2D eigenvalue weighted by Gasteiger charge is 2.11. The predicted molar refractivity (Wildman–Crippen MR) is 79.8 cm³/mol. The molecule has 4 heteroatoms. The van der Waals surface area contributed by atoms with Crippen LogP contribution in [0.2, 0.25) is 0 Å². The fourth-order valence-electron chi connectivity index (χ4n) is 2.41. The summed E-state index contributed by atoms with van der Waals surface area (Å²) in [7, 11) is 0. The van der Waals surface area contributed by atoms with E-state index in [4.69, 9.17) is 5.73 Å². The van der Waals surface area contributed by atoms with Gasteiger partial charge in [0, 0.05) is 30.7 Å². The van der Waals surface area contributed by atoms with E-state index < -0.39 is 0 Å². The van der Waals surface area contributed by atoms with Gasteiger partial charge in [-0.1, -0.05) is 0 Å². The molecule has 0 spiro atoms. The maximum absolute atomic E-state index is 5.86. The first kappa shape index (κ1) is 11.8. The predicted octanol–water partition coefficient (Wildman–Crippen LogP) is 3.01. The van der Waals surface area contributed by atoms with Crippen LogP contribution in [0.4, 0.5) is 22.7 Å². The van der Waals surface area contributed by atoms with Crippen LogP contribution < -0.4 is 16.0 Å². The quantitative estimate of drug-likeness (QED) is 0.884. The van der Waals surface area contributed by atoms with Gasteiger partial charge in [0.25, 0.3) is 0 Å². The highest BCUT2D eigenvalue weighted by atomic mass is 15.1. The van der Waals surface area contributed by atoms with Crippen molar-refractivity contribution in [1.29, 1.82) is 0 Å². The Morgan fingerprint density at radius 2 is 1.79 bits per heavy atom. The minimum atomic E-state index is 0.658. The van der Waals surface area contributed by atoms with Crippen molar-refractivity contribution in [2.24, 2.45) is 0 Å². The molecule has 0 radical (unpaired) electrons. The van der Waals surface area contributed by atoms with E-state index in [9.17, 15) is 0 Å².